The van der Waals surface area contributed by atoms with Crippen molar-refractivity contribution < 1.29 is 14.2 Å². The van der Waals surface area contributed by atoms with E-state index < -0.39 is 6.10 Å². The second-order valence-corrected chi connectivity index (χ2v) is 7.17. The third kappa shape index (κ3) is 4.47. The van der Waals surface area contributed by atoms with Crippen LogP contribution in [0.2, 0.25) is 0 Å². The van der Waals surface area contributed by atoms with Crippen molar-refractivity contribution in [2.45, 2.75) is 38.4 Å². The van der Waals surface area contributed by atoms with Crippen LogP contribution >= 0.6 is 0 Å². The van der Waals surface area contributed by atoms with Gasteiger partial charge in [0.25, 0.3) is 0 Å². The van der Waals surface area contributed by atoms with Crippen molar-refractivity contribution in [1.29, 1.82) is 0 Å². The van der Waals surface area contributed by atoms with E-state index in [1.54, 1.807) is 6.07 Å². The van der Waals surface area contributed by atoms with E-state index in [2.05, 4.69) is 16.7 Å². The molecule has 1 N–H and O–H groups in total. The monoisotopic (exact) mass is 336 g/mol. The molecule has 0 unspecified atom stereocenters. The molecule has 1 aromatic carbocycles. The van der Waals surface area contributed by atoms with Gasteiger partial charge in [0.1, 0.15) is 5.82 Å². The topological polar surface area (TPSA) is 35.9 Å². The SMILES string of the molecule is C[C@@H]1CCC[C@H]1OC[C@@H](O)CN1CCN(c2ccccc2F)CC1. The quantitative estimate of drug-likeness (QED) is 0.866. The number of hydrogen-bond acceptors (Lipinski definition) is 4. The molecule has 0 spiro atoms. The maximum atomic E-state index is 13.8. The van der Waals surface area contributed by atoms with Crippen LogP contribution in [0.15, 0.2) is 24.3 Å². The van der Waals surface area contributed by atoms with Gasteiger partial charge in [-0.15, -0.1) is 0 Å². The van der Waals surface area contributed by atoms with Gasteiger partial charge in [-0.3, -0.25) is 4.90 Å². The minimum atomic E-state index is -0.446. The van der Waals surface area contributed by atoms with Crippen molar-refractivity contribution in [3.63, 3.8) is 0 Å². The molecule has 134 valence electrons. The number of para-hydroxylation sites is 1. The van der Waals surface area contributed by atoms with Gasteiger partial charge in [-0.25, -0.2) is 4.39 Å². The van der Waals surface area contributed by atoms with E-state index >= 15 is 0 Å². The zero-order valence-electron chi connectivity index (χ0n) is 14.5. The van der Waals surface area contributed by atoms with Crippen LogP contribution in [-0.2, 0) is 4.74 Å². The van der Waals surface area contributed by atoms with Crippen molar-refractivity contribution >= 4 is 5.69 Å². The standard InChI is InChI=1S/C19H29FN2O2/c1-15-5-4-8-19(15)24-14-16(23)13-21-9-11-22(12-10-21)18-7-3-2-6-17(18)20/h2-3,6-7,15-16,19,23H,4-5,8-14H2,1H3/t15-,16+,19-/m1/s1. The summed E-state index contributed by atoms with van der Waals surface area (Å²) in [5.74, 6) is 0.451. The summed E-state index contributed by atoms with van der Waals surface area (Å²) in [4.78, 5) is 4.32. The van der Waals surface area contributed by atoms with E-state index in [0.29, 0.717) is 30.9 Å². The van der Waals surface area contributed by atoms with E-state index in [0.717, 1.165) is 32.6 Å². The van der Waals surface area contributed by atoms with Crippen LogP contribution in [0.4, 0.5) is 10.1 Å². The highest BCUT2D eigenvalue weighted by atomic mass is 19.1. The van der Waals surface area contributed by atoms with Gasteiger partial charge in [0.05, 0.1) is 24.5 Å². The average molecular weight is 336 g/mol. The Morgan fingerprint density at radius 3 is 2.62 bits per heavy atom. The number of aliphatic hydroxyl groups is 1. The van der Waals surface area contributed by atoms with Gasteiger partial charge in [0.2, 0.25) is 0 Å². The molecule has 1 aliphatic heterocycles. The van der Waals surface area contributed by atoms with Gasteiger partial charge in [-0.1, -0.05) is 25.5 Å². The van der Waals surface area contributed by atoms with Crippen molar-refractivity contribution in [2.24, 2.45) is 5.92 Å². The predicted molar refractivity (Wildman–Crippen MR) is 93.8 cm³/mol. The highest BCUT2D eigenvalue weighted by molar-refractivity contribution is 5.47. The van der Waals surface area contributed by atoms with Crippen molar-refractivity contribution in [2.75, 3.05) is 44.2 Å². The summed E-state index contributed by atoms with van der Waals surface area (Å²) in [5, 5.41) is 10.2. The summed E-state index contributed by atoms with van der Waals surface area (Å²) < 4.78 is 19.7. The lowest BCUT2D eigenvalue weighted by Gasteiger charge is -2.37. The average Bonchev–Trinajstić information content (AvgIpc) is 2.99. The molecule has 1 saturated carbocycles. The number of halogens is 1. The van der Waals surface area contributed by atoms with Crippen LogP contribution in [0.25, 0.3) is 0 Å². The molecule has 0 bridgehead atoms. The van der Waals surface area contributed by atoms with Crippen LogP contribution in [0.1, 0.15) is 26.2 Å². The van der Waals surface area contributed by atoms with Gasteiger partial charge in [-0.05, 0) is 30.9 Å². The first-order chi connectivity index (χ1) is 11.6. The van der Waals surface area contributed by atoms with Crippen molar-refractivity contribution in [3.05, 3.63) is 30.1 Å². The Morgan fingerprint density at radius 1 is 1.21 bits per heavy atom. The molecule has 1 saturated heterocycles. The number of β-amino-alcohol motifs (C(OH)–C–C–N with tert-alkyl or cyclic N) is 1. The largest absolute Gasteiger partial charge is 0.389 e. The summed E-state index contributed by atoms with van der Waals surface area (Å²) in [6, 6.07) is 6.93. The highest BCUT2D eigenvalue weighted by Gasteiger charge is 2.26. The Hall–Kier alpha value is -1.17. The molecule has 4 nitrogen and oxygen atoms in total. The summed E-state index contributed by atoms with van der Waals surface area (Å²) in [7, 11) is 0. The van der Waals surface area contributed by atoms with Gasteiger partial charge >= 0.3 is 0 Å². The molecule has 2 fully saturated rings. The number of hydrogen-bond donors (Lipinski definition) is 1. The number of rotatable bonds is 6. The fourth-order valence-electron chi connectivity index (χ4n) is 3.82. The van der Waals surface area contributed by atoms with Crippen LogP contribution in [-0.4, -0.2) is 61.5 Å². The second-order valence-electron chi connectivity index (χ2n) is 7.17. The number of aliphatic hydroxyl groups excluding tert-OH is 1. The number of piperazine rings is 1. The molecular formula is C19H29FN2O2. The first kappa shape index (κ1) is 17.6. The maximum absolute atomic E-state index is 13.8. The number of benzene rings is 1. The third-order valence-corrected chi connectivity index (χ3v) is 5.32. The van der Waals surface area contributed by atoms with Gasteiger partial charge in [-0.2, -0.15) is 0 Å². The van der Waals surface area contributed by atoms with E-state index in [9.17, 15) is 9.50 Å². The lowest BCUT2D eigenvalue weighted by Crippen LogP contribution is -2.49. The van der Waals surface area contributed by atoms with Crippen LogP contribution in [0.5, 0.6) is 0 Å². The molecule has 0 aromatic heterocycles. The maximum Gasteiger partial charge on any atom is 0.146 e. The first-order valence-electron chi connectivity index (χ1n) is 9.15. The fourth-order valence-corrected chi connectivity index (χ4v) is 3.82. The minimum Gasteiger partial charge on any atom is -0.389 e. The Morgan fingerprint density at radius 2 is 1.96 bits per heavy atom. The summed E-state index contributed by atoms with van der Waals surface area (Å²) in [6.45, 7) is 6.53. The second kappa shape index (κ2) is 8.28. The Labute approximate surface area is 144 Å². The van der Waals surface area contributed by atoms with Gasteiger partial charge in [0, 0.05) is 32.7 Å². The van der Waals surface area contributed by atoms with E-state index in [-0.39, 0.29) is 5.82 Å². The first-order valence-corrected chi connectivity index (χ1v) is 9.15. The number of anilines is 1. The van der Waals surface area contributed by atoms with Crippen LogP contribution < -0.4 is 4.90 Å². The highest BCUT2D eigenvalue weighted by Crippen LogP contribution is 2.27. The van der Waals surface area contributed by atoms with Gasteiger partial charge < -0.3 is 14.7 Å². The normalized spacial score (nSPS) is 26.7. The summed E-state index contributed by atoms with van der Waals surface area (Å²) in [6.07, 6.45) is 3.46. The van der Waals surface area contributed by atoms with Crippen molar-refractivity contribution in [1.82, 2.24) is 4.90 Å². The molecule has 1 aromatic rings. The summed E-state index contributed by atoms with van der Waals surface area (Å²) >= 11 is 0. The molecule has 24 heavy (non-hydrogen) atoms. The lowest BCUT2D eigenvalue weighted by molar-refractivity contribution is -0.0321. The van der Waals surface area contributed by atoms with E-state index in [1.165, 1.54) is 18.9 Å². The minimum absolute atomic E-state index is 0.162. The smallest absolute Gasteiger partial charge is 0.146 e. The molecular weight excluding hydrogens is 307 g/mol. The van der Waals surface area contributed by atoms with Crippen molar-refractivity contribution in [3.8, 4) is 0 Å². The number of nitrogens with zero attached hydrogens (tertiary/aromatic N) is 2. The Kier molecular flexibility index (Phi) is 6.09. The zero-order valence-corrected chi connectivity index (χ0v) is 14.5. The molecule has 1 aliphatic carbocycles. The molecule has 1 heterocycles. The molecule has 5 heteroatoms. The fraction of sp³-hybridized carbons (Fsp3) is 0.684. The molecule has 3 atom stereocenters. The van der Waals surface area contributed by atoms with Crippen LogP contribution in [0.3, 0.4) is 0 Å². The van der Waals surface area contributed by atoms with Gasteiger partial charge in [0.15, 0.2) is 0 Å². The van der Waals surface area contributed by atoms with E-state index in [1.807, 2.05) is 12.1 Å². The zero-order chi connectivity index (χ0) is 16.9. The summed E-state index contributed by atoms with van der Waals surface area (Å²) in [5.41, 5.74) is 0.677. The van der Waals surface area contributed by atoms with Crippen LogP contribution in [0, 0.1) is 11.7 Å². The predicted octanol–water partition coefficient (Wildman–Crippen LogP) is 2.51. The molecule has 0 amide bonds. The molecule has 2 aliphatic rings. The number of ether oxygens (including phenoxy) is 1. The lowest BCUT2D eigenvalue weighted by atomic mass is 10.1. The Balaban J connectivity index is 1.39. The molecule has 3 rings (SSSR count). The third-order valence-electron chi connectivity index (χ3n) is 5.32. The molecule has 0 radical (unpaired) electrons. The Bertz CT molecular complexity index is 520. The van der Waals surface area contributed by atoms with E-state index in [4.69, 9.17) is 4.74 Å².